The number of benzene rings is 1. The van der Waals surface area contributed by atoms with Crippen LogP contribution in [0.3, 0.4) is 0 Å². The summed E-state index contributed by atoms with van der Waals surface area (Å²) in [5.41, 5.74) is 9.13. The van der Waals surface area contributed by atoms with Crippen LogP contribution in [0.25, 0.3) is 26.9 Å². The van der Waals surface area contributed by atoms with Crippen LogP contribution >= 0.6 is 0 Å². The van der Waals surface area contributed by atoms with Gasteiger partial charge in [0.2, 0.25) is 11.9 Å². The van der Waals surface area contributed by atoms with Gasteiger partial charge >= 0.3 is 0 Å². The van der Waals surface area contributed by atoms with Gasteiger partial charge in [-0.15, -0.1) is 0 Å². The highest BCUT2D eigenvalue weighted by atomic mass is 16.2. The minimum Gasteiger partial charge on any atom is -0.383 e. The van der Waals surface area contributed by atoms with E-state index in [0.29, 0.717) is 17.6 Å². The molecule has 0 saturated heterocycles. The third kappa shape index (κ3) is 2.90. The van der Waals surface area contributed by atoms with Crippen molar-refractivity contribution in [3.05, 3.63) is 59.6 Å². The second kappa shape index (κ2) is 6.56. The number of aromatic nitrogens is 2. The zero-order valence-corrected chi connectivity index (χ0v) is 16.1. The number of amides is 1. The summed E-state index contributed by atoms with van der Waals surface area (Å²) in [5, 5.41) is 4.59. The van der Waals surface area contributed by atoms with E-state index < -0.39 is 0 Å². The molecule has 5 rings (SSSR count). The summed E-state index contributed by atoms with van der Waals surface area (Å²) in [6.07, 6.45) is 3.55. The SMILES string of the molecule is [C-]#[N+][C@H]1CC[C@H]2C(C(=O)Nc3cc4cc(-c5ccccc5C)nc(N)c4cn3)[C@@H]12. The van der Waals surface area contributed by atoms with Gasteiger partial charge in [0, 0.05) is 29.5 Å². The highest BCUT2D eigenvalue weighted by molar-refractivity contribution is 5.98. The summed E-state index contributed by atoms with van der Waals surface area (Å²) >= 11 is 0. The van der Waals surface area contributed by atoms with Gasteiger partial charge in [-0.2, -0.15) is 0 Å². The normalized spacial score (nSPS) is 24.7. The molecule has 144 valence electrons. The number of nitrogens with one attached hydrogen (secondary N) is 1. The zero-order chi connectivity index (χ0) is 20.1. The van der Waals surface area contributed by atoms with Gasteiger partial charge in [-0.3, -0.25) is 4.79 Å². The number of pyridine rings is 2. The number of aryl methyl sites for hydroxylation is 1. The minimum absolute atomic E-state index is 0.00264. The van der Waals surface area contributed by atoms with E-state index in [1.165, 1.54) is 0 Å². The van der Waals surface area contributed by atoms with E-state index in [4.69, 9.17) is 12.3 Å². The van der Waals surface area contributed by atoms with E-state index >= 15 is 0 Å². The van der Waals surface area contributed by atoms with Gasteiger partial charge < -0.3 is 15.9 Å². The summed E-state index contributed by atoms with van der Waals surface area (Å²) in [5.74, 6) is 1.44. The number of nitrogens with zero attached hydrogens (tertiary/aromatic N) is 3. The molecule has 1 unspecified atom stereocenters. The zero-order valence-electron chi connectivity index (χ0n) is 16.1. The van der Waals surface area contributed by atoms with Crippen LogP contribution in [-0.2, 0) is 4.79 Å². The number of carbonyl (C=O) groups excluding carboxylic acids is 1. The first-order valence-corrected chi connectivity index (χ1v) is 9.86. The van der Waals surface area contributed by atoms with Crippen molar-refractivity contribution in [2.24, 2.45) is 17.8 Å². The minimum atomic E-state index is -0.0506. The van der Waals surface area contributed by atoms with Crippen LogP contribution in [0.1, 0.15) is 18.4 Å². The molecule has 2 aromatic heterocycles. The maximum atomic E-state index is 12.7. The van der Waals surface area contributed by atoms with Gasteiger partial charge in [-0.25, -0.2) is 16.5 Å². The Kier molecular flexibility index (Phi) is 3.99. The predicted octanol–water partition coefficient (Wildman–Crippen LogP) is 4.07. The van der Waals surface area contributed by atoms with E-state index in [1.54, 1.807) is 6.20 Å². The van der Waals surface area contributed by atoms with Gasteiger partial charge in [-0.1, -0.05) is 24.3 Å². The largest absolute Gasteiger partial charge is 0.383 e. The molecule has 1 aromatic carbocycles. The summed E-state index contributed by atoms with van der Waals surface area (Å²) in [6.45, 7) is 9.33. The van der Waals surface area contributed by atoms with Crippen LogP contribution in [0.4, 0.5) is 11.6 Å². The molecule has 2 aliphatic carbocycles. The Morgan fingerprint density at radius 2 is 2.10 bits per heavy atom. The summed E-state index contributed by atoms with van der Waals surface area (Å²) in [7, 11) is 0. The number of hydrogen-bond donors (Lipinski definition) is 2. The van der Waals surface area contributed by atoms with Crippen molar-refractivity contribution in [3.8, 4) is 11.3 Å². The molecule has 3 aromatic rings. The maximum absolute atomic E-state index is 12.7. The van der Waals surface area contributed by atoms with Gasteiger partial charge in [-0.05, 0) is 42.3 Å². The Labute approximate surface area is 169 Å². The van der Waals surface area contributed by atoms with Crippen LogP contribution in [0.2, 0.25) is 0 Å². The van der Waals surface area contributed by atoms with E-state index in [2.05, 4.69) is 20.1 Å². The molecule has 0 bridgehead atoms. The fraction of sp³-hybridized carbons (Fsp3) is 0.304. The fourth-order valence-corrected chi connectivity index (χ4v) is 4.82. The van der Waals surface area contributed by atoms with Crippen molar-refractivity contribution in [1.29, 1.82) is 0 Å². The Balaban J connectivity index is 1.44. The predicted molar refractivity (Wildman–Crippen MR) is 113 cm³/mol. The van der Waals surface area contributed by atoms with Crippen molar-refractivity contribution in [3.63, 3.8) is 0 Å². The molecular formula is C23H21N5O. The van der Waals surface area contributed by atoms with E-state index in [9.17, 15) is 4.79 Å². The van der Waals surface area contributed by atoms with Gasteiger partial charge in [0.1, 0.15) is 11.6 Å². The van der Waals surface area contributed by atoms with Crippen molar-refractivity contribution in [2.75, 3.05) is 11.1 Å². The van der Waals surface area contributed by atoms with Crippen LogP contribution in [0, 0.1) is 31.2 Å². The Bertz CT molecular complexity index is 1180. The van der Waals surface area contributed by atoms with Crippen LogP contribution in [0.15, 0.2) is 42.6 Å². The third-order valence-electron chi connectivity index (χ3n) is 6.36. The highest BCUT2D eigenvalue weighted by Crippen LogP contribution is 2.58. The number of nitrogens with two attached hydrogens (primary N) is 1. The van der Waals surface area contributed by atoms with Crippen molar-refractivity contribution < 1.29 is 4.79 Å². The van der Waals surface area contributed by atoms with Crippen LogP contribution in [-0.4, -0.2) is 21.9 Å². The second-order valence-electron chi connectivity index (χ2n) is 8.03. The Hall–Kier alpha value is -3.46. The molecule has 0 radical (unpaired) electrons. The maximum Gasteiger partial charge on any atom is 0.229 e. The first kappa shape index (κ1) is 17.6. The average molecular weight is 383 g/mol. The molecular weight excluding hydrogens is 362 g/mol. The van der Waals surface area contributed by atoms with Crippen molar-refractivity contribution in [1.82, 2.24) is 9.97 Å². The standard InChI is InChI=1S/C23H21N5O/c1-12-5-3-4-6-14(12)18-9-13-10-19(26-11-16(13)22(24)27-18)28-23(29)21-15-7-8-17(25-2)20(15)21/h3-6,9-11,15,17,20-21H,7-8H2,1H3,(H2,24,27)(H,26,28,29)/t15-,17+,20-,21?/m1/s1. The topological polar surface area (TPSA) is 85.3 Å². The average Bonchev–Trinajstić information content (AvgIpc) is 3.28. The number of fused-ring (bicyclic) bond motifs is 2. The van der Waals surface area contributed by atoms with E-state index in [0.717, 1.165) is 40.4 Å². The van der Waals surface area contributed by atoms with Gasteiger partial charge in [0.05, 0.1) is 11.6 Å². The molecule has 0 aliphatic heterocycles. The molecule has 4 atom stereocenters. The van der Waals surface area contributed by atoms with Crippen LogP contribution in [0.5, 0.6) is 0 Å². The monoisotopic (exact) mass is 383 g/mol. The quantitative estimate of drug-likeness (QED) is 0.668. The number of anilines is 2. The molecule has 3 N–H and O–H groups in total. The Morgan fingerprint density at radius 3 is 2.90 bits per heavy atom. The number of hydrogen-bond acceptors (Lipinski definition) is 4. The van der Waals surface area contributed by atoms with Crippen molar-refractivity contribution >= 4 is 28.3 Å². The number of rotatable bonds is 3. The number of nitrogen functional groups attached to an aromatic ring is 1. The molecule has 2 saturated carbocycles. The first-order chi connectivity index (χ1) is 14.1. The first-order valence-electron chi connectivity index (χ1n) is 9.86. The van der Waals surface area contributed by atoms with Gasteiger partial charge in [0.15, 0.2) is 0 Å². The molecule has 2 fully saturated rings. The lowest BCUT2D eigenvalue weighted by molar-refractivity contribution is -0.118. The fourth-order valence-electron chi connectivity index (χ4n) is 4.82. The Morgan fingerprint density at radius 1 is 1.28 bits per heavy atom. The third-order valence-corrected chi connectivity index (χ3v) is 6.36. The van der Waals surface area contributed by atoms with Gasteiger partial charge in [0.25, 0.3) is 0 Å². The molecule has 6 nitrogen and oxygen atoms in total. The lowest BCUT2D eigenvalue weighted by Crippen LogP contribution is -2.19. The second-order valence-corrected chi connectivity index (χ2v) is 8.03. The summed E-state index contributed by atoms with van der Waals surface area (Å²) in [6, 6.07) is 11.9. The van der Waals surface area contributed by atoms with E-state index in [1.807, 2.05) is 43.3 Å². The summed E-state index contributed by atoms with van der Waals surface area (Å²) in [4.78, 5) is 25.3. The van der Waals surface area contributed by atoms with Crippen LogP contribution < -0.4 is 11.1 Å². The highest BCUT2D eigenvalue weighted by Gasteiger charge is 2.64. The smallest absolute Gasteiger partial charge is 0.229 e. The molecule has 2 heterocycles. The summed E-state index contributed by atoms with van der Waals surface area (Å²) < 4.78 is 0. The lowest BCUT2D eigenvalue weighted by atomic mass is 10.0. The number of carbonyl (C=O) groups is 1. The molecule has 29 heavy (non-hydrogen) atoms. The molecule has 2 aliphatic rings. The van der Waals surface area contributed by atoms with Crippen molar-refractivity contribution in [2.45, 2.75) is 25.8 Å². The molecule has 6 heteroatoms. The lowest BCUT2D eigenvalue weighted by Gasteiger charge is -2.11. The molecule has 1 amide bonds. The molecule has 0 spiro atoms. The van der Waals surface area contributed by atoms with E-state index in [-0.39, 0.29) is 23.8 Å².